The van der Waals surface area contributed by atoms with Gasteiger partial charge in [-0.05, 0) is 48.9 Å². The van der Waals surface area contributed by atoms with Gasteiger partial charge in [0.05, 0.1) is 23.6 Å². The fourth-order valence-corrected chi connectivity index (χ4v) is 5.25. The highest BCUT2D eigenvalue weighted by Crippen LogP contribution is 2.68. The second-order valence-corrected chi connectivity index (χ2v) is 8.80. The van der Waals surface area contributed by atoms with Gasteiger partial charge >= 0.3 is 0 Å². The molecule has 1 saturated carbocycles. The molecular formula is C23H27F2N3O3. The van der Waals surface area contributed by atoms with Crippen molar-refractivity contribution in [1.82, 2.24) is 15.5 Å². The number of aromatic nitrogens is 2. The number of benzene rings is 1. The van der Waals surface area contributed by atoms with Crippen LogP contribution in [0.1, 0.15) is 57.2 Å². The molecule has 6 nitrogen and oxygen atoms in total. The average Bonchev–Trinajstić information content (AvgIpc) is 3.10. The van der Waals surface area contributed by atoms with Crippen molar-refractivity contribution in [3.05, 3.63) is 47.2 Å². The SMILES string of the molecule is CC[C@H](O[C@@]12CC[C@@H](c3cc(-c4c(F)cccc4F)nnc31)C2(C)C)C(=O)NCCO. The molecule has 2 N–H and O–H groups in total. The Morgan fingerprint density at radius 1 is 1.32 bits per heavy atom. The van der Waals surface area contributed by atoms with Gasteiger partial charge in [-0.15, -0.1) is 5.10 Å². The zero-order valence-electron chi connectivity index (χ0n) is 17.9. The molecule has 1 aromatic heterocycles. The number of aliphatic hydroxyl groups excluding tert-OH is 1. The molecule has 1 fully saturated rings. The molecule has 0 radical (unpaired) electrons. The number of hydrogen-bond acceptors (Lipinski definition) is 5. The maximum Gasteiger partial charge on any atom is 0.249 e. The van der Waals surface area contributed by atoms with Crippen LogP contribution < -0.4 is 5.32 Å². The van der Waals surface area contributed by atoms with Gasteiger partial charge in [0.2, 0.25) is 5.91 Å². The van der Waals surface area contributed by atoms with Crippen molar-refractivity contribution in [2.24, 2.45) is 5.41 Å². The first-order valence-corrected chi connectivity index (χ1v) is 10.7. The Bertz CT molecular complexity index is 993. The molecule has 4 rings (SSSR count). The fraction of sp³-hybridized carbons (Fsp3) is 0.522. The first-order chi connectivity index (χ1) is 14.8. The van der Waals surface area contributed by atoms with Crippen LogP contribution in [0.25, 0.3) is 11.3 Å². The molecule has 2 aliphatic carbocycles. The summed E-state index contributed by atoms with van der Waals surface area (Å²) in [7, 11) is 0. The predicted octanol–water partition coefficient (Wildman–Crippen LogP) is 3.44. The van der Waals surface area contributed by atoms with Crippen molar-refractivity contribution in [2.75, 3.05) is 13.2 Å². The normalized spacial score (nSPS) is 24.1. The Morgan fingerprint density at radius 2 is 2.03 bits per heavy atom. The molecule has 1 amide bonds. The molecule has 0 unspecified atom stereocenters. The van der Waals surface area contributed by atoms with Crippen LogP contribution >= 0.6 is 0 Å². The topological polar surface area (TPSA) is 84.3 Å². The van der Waals surface area contributed by atoms with Crippen molar-refractivity contribution in [3.8, 4) is 11.3 Å². The standard InChI is InChI=1S/C23H27F2N3O3/c1-4-18(21(30)26-10-11-29)31-23-9-8-14(22(23,2)3)13-12-17(27-28-20(13)23)19-15(24)6-5-7-16(19)25/h5-7,12,14,18,29H,4,8-11H2,1-3H3,(H,26,30)/t14-,18-,23-/m0/s1. The van der Waals surface area contributed by atoms with Crippen LogP contribution in [0.4, 0.5) is 8.78 Å². The molecule has 3 atom stereocenters. The number of hydrogen-bond donors (Lipinski definition) is 2. The van der Waals surface area contributed by atoms with Gasteiger partial charge < -0.3 is 15.2 Å². The van der Waals surface area contributed by atoms with E-state index in [9.17, 15) is 13.6 Å². The van der Waals surface area contributed by atoms with Crippen LogP contribution in [0.2, 0.25) is 0 Å². The molecule has 0 spiro atoms. The van der Waals surface area contributed by atoms with E-state index in [1.807, 2.05) is 6.92 Å². The van der Waals surface area contributed by atoms with Crippen LogP contribution in [0.3, 0.4) is 0 Å². The van der Waals surface area contributed by atoms with E-state index in [4.69, 9.17) is 9.84 Å². The largest absolute Gasteiger partial charge is 0.395 e. The maximum atomic E-state index is 14.3. The molecule has 31 heavy (non-hydrogen) atoms. The van der Waals surface area contributed by atoms with Gasteiger partial charge in [-0.2, -0.15) is 5.10 Å². The highest BCUT2D eigenvalue weighted by Gasteiger charge is 2.65. The number of ether oxygens (including phenoxy) is 1. The number of rotatable bonds is 7. The summed E-state index contributed by atoms with van der Waals surface area (Å²) in [5, 5.41) is 20.2. The van der Waals surface area contributed by atoms with Crippen molar-refractivity contribution < 1.29 is 23.4 Å². The third-order valence-corrected chi connectivity index (χ3v) is 6.91. The number of halogens is 2. The van der Waals surface area contributed by atoms with Gasteiger partial charge in [0.1, 0.15) is 23.3 Å². The van der Waals surface area contributed by atoms with Gasteiger partial charge in [-0.25, -0.2) is 8.78 Å². The van der Waals surface area contributed by atoms with Gasteiger partial charge in [-0.1, -0.05) is 26.8 Å². The number of nitrogens with zero attached hydrogens (tertiary/aromatic N) is 2. The number of nitrogens with one attached hydrogen (secondary N) is 1. The minimum absolute atomic E-state index is 0.0737. The minimum Gasteiger partial charge on any atom is -0.395 e. The molecule has 1 heterocycles. The molecule has 8 heteroatoms. The van der Waals surface area contributed by atoms with Crippen molar-refractivity contribution in [2.45, 2.75) is 57.7 Å². The lowest BCUT2D eigenvalue weighted by Gasteiger charge is -2.40. The summed E-state index contributed by atoms with van der Waals surface area (Å²) in [6.07, 6.45) is 1.26. The number of amides is 1. The summed E-state index contributed by atoms with van der Waals surface area (Å²) in [4.78, 5) is 12.6. The summed E-state index contributed by atoms with van der Waals surface area (Å²) in [5.41, 5.74) is 0.283. The lowest BCUT2D eigenvalue weighted by Crippen LogP contribution is -2.47. The van der Waals surface area contributed by atoms with Crippen LogP contribution in [-0.2, 0) is 15.1 Å². The molecule has 166 valence electrons. The van der Waals surface area contributed by atoms with Crippen LogP contribution in [-0.4, -0.2) is 40.5 Å². The number of carbonyl (C=O) groups excluding carboxylic acids is 1. The van der Waals surface area contributed by atoms with E-state index in [0.717, 1.165) is 12.0 Å². The van der Waals surface area contributed by atoms with Crippen molar-refractivity contribution in [3.63, 3.8) is 0 Å². The zero-order valence-corrected chi connectivity index (χ0v) is 17.9. The second-order valence-electron chi connectivity index (χ2n) is 8.80. The van der Waals surface area contributed by atoms with Crippen LogP contribution in [0, 0.1) is 17.0 Å². The lowest BCUT2D eigenvalue weighted by atomic mass is 9.77. The summed E-state index contributed by atoms with van der Waals surface area (Å²) >= 11 is 0. The van der Waals surface area contributed by atoms with Gasteiger partial charge in [0.15, 0.2) is 0 Å². The van der Waals surface area contributed by atoms with E-state index < -0.39 is 23.3 Å². The smallest absolute Gasteiger partial charge is 0.249 e. The minimum atomic E-state index is -0.816. The van der Waals surface area contributed by atoms with Gasteiger partial charge in [0, 0.05) is 12.0 Å². The first-order valence-electron chi connectivity index (χ1n) is 10.7. The number of carbonyl (C=O) groups is 1. The zero-order chi connectivity index (χ0) is 22.4. The summed E-state index contributed by atoms with van der Waals surface area (Å²) in [6, 6.07) is 5.43. The highest BCUT2D eigenvalue weighted by molar-refractivity contribution is 5.80. The monoisotopic (exact) mass is 431 g/mol. The summed E-state index contributed by atoms with van der Waals surface area (Å²) in [6.45, 7) is 6.03. The van der Waals surface area contributed by atoms with Crippen molar-refractivity contribution in [1.29, 1.82) is 0 Å². The Labute approximate surface area is 180 Å². The summed E-state index contributed by atoms with van der Waals surface area (Å²) in [5.74, 6) is -1.58. The Balaban J connectivity index is 1.75. The van der Waals surface area contributed by atoms with Gasteiger partial charge in [0.25, 0.3) is 0 Å². The van der Waals surface area contributed by atoms with E-state index >= 15 is 0 Å². The molecule has 2 bridgehead atoms. The van der Waals surface area contributed by atoms with Crippen molar-refractivity contribution >= 4 is 5.91 Å². The second kappa shape index (κ2) is 7.91. The third-order valence-electron chi connectivity index (χ3n) is 6.91. The maximum absolute atomic E-state index is 14.3. The van der Waals surface area contributed by atoms with Crippen LogP contribution in [0.15, 0.2) is 24.3 Å². The number of fused-ring (bicyclic) bond motifs is 5. The number of aliphatic hydroxyl groups is 1. The Hall–Kier alpha value is -2.45. The third kappa shape index (κ3) is 3.24. The molecule has 0 aliphatic heterocycles. The highest BCUT2D eigenvalue weighted by atomic mass is 19.1. The molecule has 2 aromatic rings. The Morgan fingerprint density at radius 3 is 2.68 bits per heavy atom. The van der Waals surface area contributed by atoms with Gasteiger partial charge in [-0.3, -0.25) is 4.79 Å². The van der Waals surface area contributed by atoms with E-state index in [1.165, 1.54) is 18.2 Å². The molecule has 2 aliphatic rings. The van der Waals surface area contributed by atoms with E-state index in [1.54, 1.807) is 6.07 Å². The molecular weight excluding hydrogens is 404 g/mol. The van der Waals surface area contributed by atoms with Crippen LogP contribution in [0.5, 0.6) is 0 Å². The molecule has 0 saturated heterocycles. The lowest BCUT2D eigenvalue weighted by molar-refractivity contribution is -0.168. The van der Waals surface area contributed by atoms with E-state index in [2.05, 4.69) is 29.4 Å². The average molecular weight is 431 g/mol. The predicted molar refractivity (Wildman–Crippen MR) is 110 cm³/mol. The molecule has 1 aromatic carbocycles. The quantitative estimate of drug-likeness (QED) is 0.702. The van der Waals surface area contributed by atoms with E-state index in [0.29, 0.717) is 18.5 Å². The first kappa shape index (κ1) is 21.8. The summed E-state index contributed by atoms with van der Waals surface area (Å²) < 4.78 is 35.1. The Kier molecular flexibility index (Phi) is 5.55. The van der Waals surface area contributed by atoms with E-state index in [-0.39, 0.29) is 41.6 Å². The fourth-order valence-electron chi connectivity index (χ4n) is 5.25.